The van der Waals surface area contributed by atoms with Crippen LogP contribution < -0.4 is 4.74 Å². The van der Waals surface area contributed by atoms with Crippen molar-refractivity contribution in [1.29, 1.82) is 0 Å². The zero-order valence-corrected chi connectivity index (χ0v) is 14.0. The Hall–Kier alpha value is -2.86. The summed E-state index contributed by atoms with van der Waals surface area (Å²) in [5.74, 6) is 0.734. The van der Waals surface area contributed by atoms with E-state index in [9.17, 15) is 4.79 Å². The number of ether oxygens (including phenoxy) is 2. The SMILES string of the molecule is COc1ccc(CC2OC(=O)c3c(-c4ccco4)nc(Cl)nc32)cc1. The largest absolute Gasteiger partial charge is 0.497 e. The van der Waals surface area contributed by atoms with Crippen molar-refractivity contribution in [3.05, 3.63) is 64.8 Å². The van der Waals surface area contributed by atoms with Crippen molar-refractivity contribution in [3.63, 3.8) is 0 Å². The third kappa shape index (κ3) is 2.85. The van der Waals surface area contributed by atoms with Gasteiger partial charge in [-0.25, -0.2) is 14.8 Å². The minimum Gasteiger partial charge on any atom is -0.497 e. The molecule has 7 heteroatoms. The number of rotatable bonds is 4. The maximum atomic E-state index is 12.4. The molecule has 2 aromatic heterocycles. The van der Waals surface area contributed by atoms with E-state index in [2.05, 4.69) is 9.97 Å². The first-order valence-corrected chi connectivity index (χ1v) is 7.98. The fraction of sp³-hybridized carbons (Fsp3) is 0.167. The number of nitrogens with zero attached hydrogens (tertiary/aromatic N) is 2. The van der Waals surface area contributed by atoms with Crippen LogP contribution >= 0.6 is 11.6 Å². The Morgan fingerprint density at radius 3 is 2.68 bits per heavy atom. The standard InChI is InChI=1S/C18H13ClN2O4/c1-23-11-6-4-10(5-7-11)9-13-16-14(17(22)25-13)15(20-18(19)21-16)12-3-2-8-24-12/h2-8,13H,9H2,1H3. The van der Waals surface area contributed by atoms with Crippen molar-refractivity contribution in [2.45, 2.75) is 12.5 Å². The number of furan rings is 1. The fourth-order valence-electron chi connectivity index (χ4n) is 2.83. The molecule has 0 fully saturated rings. The van der Waals surface area contributed by atoms with Crippen LogP contribution in [-0.2, 0) is 11.2 Å². The molecule has 0 N–H and O–H groups in total. The number of halogens is 1. The second kappa shape index (κ2) is 6.22. The van der Waals surface area contributed by atoms with Crippen LogP contribution in [0.1, 0.15) is 27.7 Å². The minimum absolute atomic E-state index is 0.0446. The first-order chi connectivity index (χ1) is 12.2. The highest BCUT2D eigenvalue weighted by atomic mass is 35.5. The number of hydrogen-bond acceptors (Lipinski definition) is 6. The maximum Gasteiger partial charge on any atom is 0.343 e. The number of carbonyl (C=O) groups excluding carboxylic acids is 1. The van der Waals surface area contributed by atoms with Crippen LogP contribution in [0.25, 0.3) is 11.5 Å². The third-order valence-electron chi connectivity index (χ3n) is 4.00. The molecule has 3 heterocycles. The highest BCUT2D eigenvalue weighted by Crippen LogP contribution is 2.37. The molecule has 4 rings (SSSR count). The summed E-state index contributed by atoms with van der Waals surface area (Å²) in [6, 6.07) is 11.0. The number of hydrogen-bond donors (Lipinski definition) is 0. The molecule has 0 amide bonds. The van der Waals surface area contributed by atoms with E-state index in [1.54, 1.807) is 19.2 Å². The molecular weight excluding hydrogens is 344 g/mol. The van der Waals surface area contributed by atoms with Crippen molar-refractivity contribution in [2.75, 3.05) is 7.11 Å². The van der Waals surface area contributed by atoms with Gasteiger partial charge < -0.3 is 13.9 Å². The maximum absolute atomic E-state index is 12.4. The fourth-order valence-corrected chi connectivity index (χ4v) is 3.01. The van der Waals surface area contributed by atoms with Gasteiger partial charge in [-0.1, -0.05) is 12.1 Å². The second-order valence-electron chi connectivity index (χ2n) is 5.52. The molecule has 25 heavy (non-hydrogen) atoms. The van der Waals surface area contributed by atoms with Gasteiger partial charge in [0, 0.05) is 6.42 Å². The smallest absolute Gasteiger partial charge is 0.343 e. The summed E-state index contributed by atoms with van der Waals surface area (Å²) in [4.78, 5) is 20.8. The Labute approximate surface area is 148 Å². The first kappa shape index (κ1) is 15.7. The van der Waals surface area contributed by atoms with E-state index in [0.29, 0.717) is 29.1 Å². The number of aromatic nitrogens is 2. The summed E-state index contributed by atoms with van der Waals surface area (Å²) >= 11 is 6.05. The molecule has 6 nitrogen and oxygen atoms in total. The normalized spacial score (nSPS) is 15.8. The molecule has 0 aliphatic carbocycles. The van der Waals surface area contributed by atoms with E-state index in [0.717, 1.165) is 11.3 Å². The third-order valence-corrected chi connectivity index (χ3v) is 4.17. The topological polar surface area (TPSA) is 74.5 Å². The van der Waals surface area contributed by atoms with Gasteiger partial charge in [0.15, 0.2) is 5.76 Å². The van der Waals surface area contributed by atoms with Crippen LogP contribution in [0.3, 0.4) is 0 Å². The van der Waals surface area contributed by atoms with Crippen molar-refractivity contribution in [2.24, 2.45) is 0 Å². The summed E-state index contributed by atoms with van der Waals surface area (Å²) in [5.41, 5.74) is 2.12. The Morgan fingerprint density at radius 2 is 2.00 bits per heavy atom. The number of esters is 1. The van der Waals surface area contributed by atoms with Gasteiger partial charge in [0.05, 0.1) is 13.4 Å². The molecule has 0 spiro atoms. The summed E-state index contributed by atoms with van der Waals surface area (Å²) in [5, 5.41) is 0.0446. The van der Waals surface area contributed by atoms with Crippen molar-refractivity contribution in [1.82, 2.24) is 9.97 Å². The summed E-state index contributed by atoms with van der Waals surface area (Å²) in [6.45, 7) is 0. The van der Waals surface area contributed by atoms with Crippen molar-refractivity contribution in [3.8, 4) is 17.2 Å². The highest BCUT2D eigenvalue weighted by molar-refractivity contribution is 6.28. The van der Waals surface area contributed by atoms with Crippen LogP contribution in [0.2, 0.25) is 5.28 Å². The van der Waals surface area contributed by atoms with Gasteiger partial charge in [-0.3, -0.25) is 0 Å². The molecule has 1 aliphatic rings. The lowest BCUT2D eigenvalue weighted by molar-refractivity contribution is 0.0382. The Balaban J connectivity index is 1.72. The quantitative estimate of drug-likeness (QED) is 0.522. The van der Waals surface area contributed by atoms with Gasteiger partial charge in [0.1, 0.15) is 28.8 Å². The van der Waals surface area contributed by atoms with Crippen molar-refractivity contribution < 1.29 is 18.7 Å². The van der Waals surface area contributed by atoms with Crippen LogP contribution in [0.5, 0.6) is 5.75 Å². The first-order valence-electron chi connectivity index (χ1n) is 7.61. The molecular formula is C18H13ClN2O4. The number of methoxy groups -OCH3 is 1. The van der Waals surface area contributed by atoms with Gasteiger partial charge in [0.2, 0.25) is 5.28 Å². The van der Waals surface area contributed by atoms with E-state index >= 15 is 0 Å². The number of cyclic esters (lactones) is 1. The summed E-state index contributed by atoms with van der Waals surface area (Å²) < 4.78 is 16.0. The molecule has 1 aromatic carbocycles. The van der Waals surface area contributed by atoms with Gasteiger partial charge in [-0.15, -0.1) is 0 Å². The molecule has 1 unspecified atom stereocenters. The average molecular weight is 357 g/mol. The second-order valence-corrected chi connectivity index (χ2v) is 5.86. The number of carbonyl (C=O) groups is 1. The molecule has 3 aromatic rings. The van der Waals surface area contributed by atoms with Gasteiger partial charge >= 0.3 is 5.97 Å². The number of fused-ring (bicyclic) bond motifs is 1. The van der Waals surface area contributed by atoms with E-state index in [-0.39, 0.29) is 5.28 Å². The lowest BCUT2D eigenvalue weighted by Crippen LogP contribution is -2.04. The predicted octanol–water partition coefficient (Wildman–Crippen LogP) is 3.85. The zero-order chi connectivity index (χ0) is 17.4. The zero-order valence-electron chi connectivity index (χ0n) is 13.2. The number of benzene rings is 1. The lowest BCUT2D eigenvalue weighted by Gasteiger charge is -2.10. The molecule has 1 atom stereocenters. The van der Waals surface area contributed by atoms with E-state index < -0.39 is 12.1 Å². The summed E-state index contributed by atoms with van der Waals surface area (Å²) in [7, 11) is 1.61. The van der Waals surface area contributed by atoms with Crippen LogP contribution in [0.15, 0.2) is 47.1 Å². The van der Waals surface area contributed by atoms with E-state index in [4.69, 9.17) is 25.5 Å². The highest BCUT2D eigenvalue weighted by Gasteiger charge is 2.37. The predicted molar refractivity (Wildman–Crippen MR) is 89.6 cm³/mol. The molecule has 0 saturated carbocycles. The Bertz CT molecular complexity index is 923. The molecule has 1 aliphatic heterocycles. The van der Waals surface area contributed by atoms with Gasteiger partial charge in [0.25, 0.3) is 0 Å². The summed E-state index contributed by atoms with van der Waals surface area (Å²) in [6.07, 6.45) is 1.46. The molecule has 0 radical (unpaired) electrons. The Kier molecular flexibility index (Phi) is 3.89. The molecule has 0 saturated heterocycles. The monoisotopic (exact) mass is 356 g/mol. The van der Waals surface area contributed by atoms with Crippen molar-refractivity contribution >= 4 is 17.6 Å². The van der Waals surface area contributed by atoms with Crippen LogP contribution in [-0.4, -0.2) is 23.0 Å². The average Bonchev–Trinajstić information content (AvgIpc) is 3.24. The van der Waals surface area contributed by atoms with Crippen LogP contribution in [0, 0.1) is 0 Å². The lowest BCUT2D eigenvalue weighted by atomic mass is 10.0. The molecule has 126 valence electrons. The minimum atomic E-state index is -0.523. The van der Waals surface area contributed by atoms with E-state index in [1.807, 2.05) is 24.3 Å². The molecule has 0 bridgehead atoms. The van der Waals surface area contributed by atoms with Gasteiger partial charge in [-0.05, 0) is 41.4 Å². The van der Waals surface area contributed by atoms with Crippen LogP contribution in [0.4, 0.5) is 0 Å². The van der Waals surface area contributed by atoms with E-state index in [1.165, 1.54) is 6.26 Å². The Morgan fingerprint density at radius 1 is 1.20 bits per heavy atom. The van der Waals surface area contributed by atoms with Gasteiger partial charge in [-0.2, -0.15) is 0 Å².